The highest BCUT2D eigenvalue weighted by Gasteiger charge is 2.51. The predicted octanol–water partition coefficient (Wildman–Crippen LogP) is 2.31. The zero-order chi connectivity index (χ0) is 13.8. The van der Waals surface area contributed by atoms with E-state index >= 15 is 0 Å². The molecule has 1 unspecified atom stereocenters. The summed E-state index contributed by atoms with van der Waals surface area (Å²) >= 11 is 3.28. The Balaban J connectivity index is 1.44. The van der Waals surface area contributed by atoms with Gasteiger partial charge in [0.2, 0.25) is 5.85 Å². The van der Waals surface area contributed by atoms with Gasteiger partial charge in [-0.05, 0) is 77.6 Å². The van der Waals surface area contributed by atoms with Crippen molar-refractivity contribution in [1.29, 1.82) is 0 Å². The minimum absolute atomic E-state index is 0.415. The van der Waals surface area contributed by atoms with Crippen molar-refractivity contribution in [2.75, 3.05) is 6.54 Å². The predicted molar refractivity (Wildman–Crippen MR) is 82.2 cm³/mol. The number of nitrogens with one attached hydrogen (secondary N) is 2. The van der Waals surface area contributed by atoms with Crippen molar-refractivity contribution < 1.29 is 5.11 Å². The SMILES string of the molecule is OC1(NCC23CC4CC(CC(C4)C2)C3)C=NC(Br)=CN1. The number of hydrogen-bond donors (Lipinski definition) is 3. The van der Waals surface area contributed by atoms with E-state index < -0.39 is 5.85 Å². The first kappa shape index (κ1) is 13.3. The highest BCUT2D eigenvalue weighted by Crippen LogP contribution is 2.59. The van der Waals surface area contributed by atoms with Crippen molar-refractivity contribution >= 4 is 22.1 Å². The molecule has 0 aromatic rings. The Kier molecular flexibility index (Phi) is 3.02. The van der Waals surface area contributed by atoms with Gasteiger partial charge in [0.15, 0.2) is 0 Å². The molecule has 0 aromatic carbocycles. The van der Waals surface area contributed by atoms with Crippen LogP contribution >= 0.6 is 15.9 Å². The normalized spacial score (nSPS) is 49.1. The zero-order valence-corrected chi connectivity index (χ0v) is 13.2. The van der Waals surface area contributed by atoms with E-state index in [9.17, 15) is 5.11 Å². The molecule has 110 valence electrons. The van der Waals surface area contributed by atoms with Crippen LogP contribution in [0.15, 0.2) is 15.8 Å². The topological polar surface area (TPSA) is 56.6 Å². The third-order valence-electron chi connectivity index (χ3n) is 5.68. The summed E-state index contributed by atoms with van der Waals surface area (Å²) in [5.74, 6) is 1.64. The highest BCUT2D eigenvalue weighted by atomic mass is 79.9. The van der Waals surface area contributed by atoms with Crippen molar-refractivity contribution in [3.63, 3.8) is 0 Å². The molecular weight excluding hydrogens is 318 g/mol. The zero-order valence-electron chi connectivity index (χ0n) is 11.6. The molecule has 20 heavy (non-hydrogen) atoms. The average molecular weight is 340 g/mol. The summed E-state index contributed by atoms with van der Waals surface area (Å²) in [5.41, 5.74) is 0.415. The van der Waals surface area contributed by atoms with E-state index in [1.165, 1.54) is 44.7 Å². The maximum atomic E-state index is 10.5. The molecule has 0 spiro atoms. The van der Waals surface area contributed by atoms with Crippen molar-refractivity contribution in [2.24, 2.45) is 28.2 Å². The lowest BCUT2D eigenvalue weighted by molar-refractivity contribution is -0.0641. The molecule has 5 heteroatoms. The molecule has 1 aliphatic heterocycles. The number of hydrogen-bond acceptors (Lipinski definition) is 4. The molecule has 1 atom stereocenters. The van der Waals surface area contributed by atoms with E-state index in [2.05, 4.69) is 31.6 Å². The second kappa shape index (κ2) is 4.55. The summed E-state index contributed by atoms with van der Waals surface area (Å²) in [7, 11) is 0. The number of nitrogens with zero attached hydrogens (tertiary/aromatic N) is 1. The number of aliphatic hydroxyl groups is 1. The van der Waals surface area contributed by atoms with Crippen LogP contribution in [0.4, 0.5) is 0 Å². The van der Waals surface area contributed by atoms with Crippen LogP contribution in [0.5, 0.6) is 0 Å². The maximum absolute atomic E-state index is 10.5. The van der Waals surface area contributed by atoms with E-state index in [0.717, 1.165) is 24.3 Å². The monoisotopic (exact) mass is 339 g/mol. The van der Waals surface area contributed by atoms with Crippen LogP contribution in [0.3, 0.4) is 0 Å². The van der Waals surface area contributed by atoms with Gasteiger partial charge in [0, 0.05) is 12.7 Å². The van der Waals surface area contributed by atoms with Gasteiger partial charge in [-0.1, -0.05) is 0 Å². The van der Waals surface area contributed by atoms with Gasteiger partial charge in [-0.25, -0.2) is 4.99 Å². The Hall–Kier alpha value is -0.390. The van der Waals surface area contributed by atoms with Crippen molar-refractivity contribution in [2.45, 2.75) is 44.4 Å². The molecule has 0 amide bonds. The molecule has 4 saturated carbocycles. The van der Waals surface area contributed by atoms with Crippen LogP contribution in [0.1, 0.15) is 38.5 Å². The molecule has 5 rings (SSSR count). The lowest BCUT2D eigenvalue weighted by atomic mass is 9.49. The minimum Gasteiger partial charge on any atom is -0.354 e. The second-order valence-corrected chi connectivity index (χ2v) is 8.22. The second-order valence-electron chi connectivity index (χ2n) is 7.41. The molecule has 0 aromatic heterocycles. The van der Waals surface area contributed by atoms with Crippen LogP contribution in [-0.4, -0.2) is 23.7 Å². The van der Waals surface area contributed by atoms with Gasteiger partial charge in [0.05, 0.1) is 6.21 Å². The van der Waals surface area contributed by atoms with Gasteiger partial charge < -0.3 is 10.4 Å². The standard InChI is InChI=1S/C15H22BrN3O/c16-13-7-18-15(20,9-17-13)19-8-14-4-10-1-11(5-14)3-12(2-10)6-14/h7,9-12,18-20H,1-6,8H2. The Morgan fingerprint density at radius 2 is 1.85 bits per heavy atom. The van der Waals surface area contributed by atoms with Gasteiger partial charge >= 0.3 is 0 Å². The van der Waals surface area contributed by atoms with Gasteiger partial charge in [-0.3, -0.25) is 5.32 Å². The Bertz CT molecular complexity index is 440. The van der Waals surface area contributed by atoms with Crippen LogP contribution in [0.2, 0.25) is 0 Å². The van der Waals surface area contributed by atoms with E-state index in [0.29, 0.717) is 10.0 Å². The Morgan fingerprint density at radius 3 is 2.35 bits per heavy atom. The number of halogens is 1. The quantitative estimate of drug-likeness (QED) is 0.546. The van der Waals surface area contributed by atoms with Crippen molar-refractivity contribution in [1.82, 2.24) is 10.6 Å². The molecule has 4 nitrogen and oxygen atoms in total. The molecule has 4 fully saturated rings. The maximum Gasteiger partial charge on any atom is 0.231 e. The Morgan fingerprint density at radius 1 is 1.25 bits per heavy atom. The number of aliphatic imine (C=N–C) groups is 1. The smallest absolute Gasteiger partial charge is 0.231 e. The first-order valence-corrected chi connectivity index (χ1v) is 8.50. The van der Waals surface area contributed by atoms with Crippen molar-refractivity contribution in [3.8, 4) is 0 Å². The third kappa shape index (κ3) is 2.34. The summed E-state index contributed by atoms with van der Waals surface area (Å²) < 4.78 is 0.707. The fourth-order valence-corrected chi connectivity index (χ4v) is 5.54. The minimum atomic E-state index is -1.19. The fourth-order valence-electron chi connectivity index (χ4n) is 5.32. The van der Waals surface area contributed by atoms with E-state index in [4.69, 9.17) is 0 Å². The molecular formula is C15H22BrN3O. The molecule has 4 aliphatic carbocycles. The van der Waals surface area contributed by atoms with Crippen LogP contribution in [0, 0.1) is 23.2 Å². The van der Waals surface area contributed by atoms with E-state index in [1.807, 2.05) is 0 Å². The molecule has 3 N–H and O–H groups in total. The fraction of sp³-hybridized carbons (Fsp3) is 0.800. The van der Waals surface area contributed by atoms with Gasteiger partial charge in [-0.15, -0.1) is 0 Å². The average Bonchev–Trinajstić information content (AvgIpc) is 2.39. The van der Waals surface area contributed by atoms with Gasteiger partial charge in [0.25, 0.3) is 0 Å². The molecule has 0 saturated heterocycles. The van der Waals surface area contributed by atoms with Crippen molar-refractivity contribution in [3.05, 3.63) is 10.8 Å². The lowest BCUT2D eigenvalue weighted by Gasteiger charge is -2.57. The van der Waals surface area contributed by atoms with Crippen LogP contribution in [0.25, 0.3) is 0 Å². The summed E-state index contributed by atoms with van der Waals surface area (Å²) in [6.07, 6.45) is 11.6. The third-order valence-corrected chi connectivity index (χ3v) is 6.12. The molecule has 0 radical (unpaired) electrons. The summed E-state index contributed by atoms with van der Waals surface area (Å²) in [6.45, 7) is 0.886. The number of rotatable bonds is 3. The largest absolute Gasteiger partial charge is 0.354 e. The van der Waals surface area contributed by atoms with Crippen LogP contribution in [-0.2, 0) is 0 Å². The van der Waals surface area contributed by atoms with Crippen LogP contribution < -0.4 is 10.6 Å². The summed E-state index contributed by atoms with van der Waals surface area (Å²) in [5, 5.41) is 16.7. The molecule has 4 bridgehead atoms. The Labute approximate surface area is 128 Å². The molecule has 1 heterocycles. The molecule has 5 aliphatic rings. The lowest BCUT2D eigenvalue weighted by Crippen LogP contribution is -2.61. The van der Waals surface area contributed by atoms with Gasteiger partial charge in [-0.2, -0.15) is 0 Å². The highest BCUT2D eigenvalue weighted by molar-refractivity contribution is 9.11. The first-order valence-electron chi connectivity index (χ1n) is 7.70. The van der Waals surface area contributed by atoms with E-state index in [-0.39, 0.29) is 0 Å². The summed E-state index contributed by atoms with van der Waals surface area (Å²) in [4.78, 5) is 4.13. The van der Waals surface area contributed by atoms with Gasteiger partial charge in [0.1, 0.15) is 4.61 Å². The summed E-state index contributed by atoms with van der Waals surface area (Å²) in [6, 6.07) is 0. The van der Waals surface area contributed by atoms with E-state index in [1.54, 1.807) is 6.20 Å². The first-order chi connectivity index (χ1) is 9.54.